The summed E-state index contributed by atoms with van der Waals surface area (Å²) in [5.74, 6) is -0.603. The van der Waals surface area contributed by atoms with E-state index in [4.69, 9.17) is 0 Å². The fourth-order valence-corrected chi connectivity index (χ4v) is 1.58. The van der Waals surface area contributed by atoms with Crippen molar-refractivity contribution in [2.24, 2.45) is 0 Å². The van der Waals surface area contributed by atoms with Gasteiger partial charge in [-0.15, -0.1) is 0 Å². The zero-order valence-corrected chi connectivity index (χ0v) is 10.3. The minimum absolute atomic E-state index is 0.141. The number of hydrogen-bond acceptors (Lipinski definition) is 2. The third kappa shape index (κ3) is 5.08. The molecule has 0 aliphatic rings. The van der Waals surface area contributed by atoms with E-state index in [1.54, 1.807) is 6.92 Å². The Bertz CT molecular complexity index is 409. The highest BCUT2D eigenvalue weighted by Gasteiger charge is 2.12. The summed E-state index contributed by atoms with van der Waals surface area (Å²) in [6, 6.07) is 9.33. The summed E-state index contributed by atoms with van der Waals surface area (Å²) in [5, 5.41) is 0. The van der Waals surface area contributed by atoms with Gasteiger partial charge in [0.1, 0.15) is 0 Å². The van der Waals surface area contributed by atoms with Gasteiger partial charge in [-0.1, -0.05) is 30.3 Å². The Morgan fingerprint density at radius 3 is 2.44 bits per heavy atom. The lowest BCUT2D eigenvalue weighted by molar-refractivity contribution is -0.142. The van der Waals surface area contributed by atoms with Crippen molar-refractivity contribution in [1.29, 1.82) is 0 Å². The topological polar surface area (TPSA) is 26.3 Å². The Morgan fingerprint density at radius 1 is 1.22 bits per heavy atom. The lowest BCUT2D eigenvalue weighted by Gasteiger charge is -2.06. The van der Waals surface area contributed by atoms with Gasteiger partial charge in [0.05, 0.1) is 13.0 Å². The number of esters is 1. The molecule has 0 amide bonds. The number of ether oxygens (including phenoxy) is 1. The standard InChI is InChI=1S/C14H16F2O2/c1-2-18-13(17)10-12(14(15)16)9-8-11-6-4-3-5-7-11/h3-7H,2,8-10H2,1H3. The van der Waals surface area contributed by atoms with Gasteiger partial charge in [0.25, 0.3) is 6.08 Å². The number of carbonyl (C=O) groups is 1. The molecule has 0 aliphatic carbocycles. The molecule has 0 N–H and O–H groups in total. The van der Waals surface area contributed by atoms with Gasteiger partial charge in [-0.3, -0.25) is 4.79 Å². The summed E-state index contributed by atoms with van der Waals surface area (Å²) < 4.78 is 30.0. The summed E-state index contributed by atoms with van der Waals surface area (Å²) in [4.78, 5) is 11.2. The zero-order valence-electron chi connectivity index (χ0n) is 10.3. The minimum atomic E-state index is -1.78. The van der Waals surface area contributed by atoms with E-state index >= 15 is 0 Å². The maximum Gasteiger partial charge on any atom is 0.310 e. The molecule has 0 fully saturated rings. The average Bonchev–Trinajstić information content (AvgIpc) is 2.35. The molecular weight excluding hydrogens is 238 g/mol. The predicted molar refractivity (Wildman–Crippen MR) is 65.3 cm³/mol. The second kappa shape index (κ2) is 7.58. The van der Waals surface area contributed by atoms with Crippen molar-refractivity contribution < 1.29 is 18.3 Å². The molecule has 0 heterocycles. The molecule has 98 valence electrons. The molecule has 18 heavy (non-hydrogen) atoms. The summed E-state index contributed by atoms with van der Waals surface area (Å²) in [6.45, 7) is 1.86. The Kier molecular flexibility index (Phi) is 6.05. The fourth-order valence-electron chi connectivity index (χ4n) is 1.58. The normalized spacial score (nSPS) is 9.94. The summed E-state index contributed by atoms with van der Waals surface area (Å²) in [7, 11) is 0. The second-order valence-corrected chi connectivity index (χ2v) is 3.83. The third-order valence-corrected chi connectivity index (χ3v) is 2.49. The van der Waals surface area contributed by atoms with Crippen molar-refractivity contribution in [3.63, 3.8) is 0 Å². The van der Waals surface area contributed by atoms with Gasteiger partial charge < -0.3 is 4.74 Å². The molecule has 0 saturated carbocycles. The molecule has 1 rings (SSSR count). The van der Waals surface area contributed by atoms with Crippen molar-refractivity contribution in [2.45, 2.75) is 26.2 Å². The van der Waals surface area contributed by atoms with E-state index in [-0.39, 0.29) is 25.0 Å². The van der Waals surface area contributed by atoms with Crippen LogP contribution in [0.15, 0.2) is 42.0 Å². The van der Waals surface area contributed by atoms with Crippen LogP contribution in [0.3, 0.4) is 0 Å². The monoisotopic (exact) mass is 254 g/mol. The molecule has 0 aliphatic heterocycles. The lowest BCUT2D eigenvalue weighted by Crippen LogP contribution is -2.06. The predicted octanol–water partition coefficient (Wildman–Crippen LogP) is 3.72. The highest BCUT2D eigenvalue weighted by molar-refractivity contribution is 5.72. The summed E-state index contributed by atoms with van der Waals surface area (Å²) >= 11 is 0. The molecule has 0 unspecified atom stereocenters. The van der Waals surface area contributed by atoms with Crippen molar-refractivity contribution in [3.05, 3.63) is 47.5 Å². The van der Waals surface area contributed by atoms with Crippen LogP contribution in [-0.4, -0.2) is 12.6 Å². The van der Waals surface area contributed by atoms with Crippen LogP contribution in [0.4, 0.5) is 8.78 Å². The van der Waals surface area contributed by atoms with Crippen LogP contribution >= 0.6 is 0 Å². The Balaban J connectivity index is 2.55. The van der Waals surface area contributed by atoms with Crippen LogP contribution in [-0.2, 0) is 16.0 Å². The van der Waals surface area contributed by atoms with Crippen molar-refractivity contribution in [2.75, 3.05) is 6.61 Å². The number of halogens is 2. The molecule has 4 heteroatoms. The molecule has 0 atom stereocenters. The number of benzene rings is 1. The summed E-state index contributed by atoms with van der Waals surface area (Å²) in [6.07, 6.45) is -1.44. The maximum atomic E-state index is 12.7. The molecule has 1 aromatic rings. The van der Waals surface area contributed by atoms with Gasteiger partial charge in [-0.25, -0.2) is 0 Å². The van der Waals surface area contributed by atoms with Crippen LogP contribution in [0.25, 0.3) is 0 Å². The molecule has 0 aromatic heterocycles. The first-order valence-electron chi connectivity index (χ1n) is 5.86. The molecule has 2 nitrogen and oxygen atoms in total. The van der Waals surface area contributed by atoms with Crippen molar-refractivity contribution in [1.82, 2.24) is 0 Å². The molecular formula is C14H16F2O2. The highest BCUT2D eigenvalue weighted by atomic mass is 19.3. The number of rotatable bonds is 6. The van der Waals surface area contributed by atoms with E-state index in [0.717, 1.165) is 5.56 Å². The fraction of sp³-hybridized carbons (Fsp3) is 0.357. The van der Waals surface area contributed by atoms with E-state index in [2.05, 4.69) is 4.74 Å². The molecule has 0 radical (unpaired) electrons. The second-order valence-electron chi connectivity index (χ2n) is 3.83. The van der Waals surface area contributed by atoms with E-state index in [9.17, 15) is 13.6 Å². The van der Waals surface area contributed by atoms with E-state index in [1.165, 1.54) is 0 Å². The quantitative estimate of drug-likeness (QED) is 0.723. The highest BCUT2D eigenvalue weighted by Crippen LogP contribution is 2.19. The molecule has 1 aromatic carbocycles. The van der Waals surface area contributed by atoms with Crippen LogP contribution < -0.4 is 0 Å². The van der Waals surface area contributed by atoms with Gasteiger partial charge in [-0.05, 0) is 25.3 Å². The van der Waals surface area contributed by atoms with Crippen LogP contribution in [0.2, 0.25) is 0 Å². The van der Waals surface area contributed by atoms with Crippen molar-refractivity contribution in [3.8, 4) is 0 Å². The third-order valence-electron chi connectivity index (χ3n) is 2.49. The number of carbonyl (C=O) groups excluding carboxylic acids is 1. The molecule has 0 saturated heterocycles. The average molecular weight is 254 g/mol. The largest absolute Gasteiger partial charge is 0.466 e. The van der Waals surface area contributed by atoms with E-state index in [1.807, 2.05) is 30.3 Å². The maximum absolute atomic E-state index is 12.7. The smallest absolute Gasteiger partial charge is 0.310 e. The zero-order chi connectivity index (χ0) is 13.4. The van der Waals surface area contributed by atoms with Gasteiger partial charge in [0.15, 0.2) is 0 Å². The van der Waals surface area contributed by atoms with Gasteiger partial charge >= 0.3 is 5.97 Å². The Morgan fingerprint density at radius 2 is 1.89 bits per heavy atom. The van der Waals surface area contributed by atoms with Crippen molar-refractivity contribution >= 4 is 5.97 Å². The van der Waals surface area contributed by atoms with Gasteiger partial charge in [0, 0.05) is 5.57 Å². The minimum Gasteiger partial charge on any atom is -0.466 e. The van der Waals surface area contributed by atoms with Crippen LogP contribution in [0.5, 0.6) is 0 Å². The number of aryl methyl sites for hydroxylation is 1. The van der Waals surface area contributed by atoms with Gasteiger partial charge in [0.2, 0.25) is 0 Å². The molecule has 0 bridgehead atoms. The first-order chi connectivity index (χ1) is 8.63. The summed E-state index contributed by atoms with van der Waals surface area (Å²) in [5.41, 5.74) is 0.831. The van der Waals surface area contributed by atoms with Gasteiger partial charge in [-0.2, -0.15) is 8.78 Å². The Hall–Kier alpha value is -1.71. The first kappa shape index (κ1) is 14.4. The van der Waals surface area contributed by atoms with Crippen LogP contribution in [0.1, 0.15) is 25.3 Å². The van der Waals surface area contributed by atoms with E-state index in [0.29, 0.717) is 6.42 Å². The lowest BCUT2D eigenvalue weighted by atomic mass is 10.0. The molecule has 0 spiro atoms. The van der Waals surface area contributed by atoms with Crippen LogP contribution in [0, 0.1) is 0 Å². The SMILES string of the molecule is CCOC(=O)CC(CCc1ccccc1)=C(F)F. The number of hydrogen-bond donors (Lipinski definition) is 0. The first-order valence-corrected chi connectivity index (χ1v) is 5.86. The van der Waals surface area contributed by atoms with E-state index < -0.39 is 12.0 Å². The Labute approximate surface area is 105 Å².